The monoisotopic (exact) mass is 191 g/mol. The molecule has 3 rings (SSSR count). The third-order valence-corrected chi connectivity index (χ3v) is 4.70. The van der Waals surface area contributed by atoms with Crippen LogP contribution in [0.3, 0.4) is 0 Å². The topological polar surface area (TPSA) is 12.0 Å². The van der Waals surface area contributed by atoms with Gasteiger partial charge in [0.15, 0.2) is 0 Å². The Morgan fingerprint density at radius 1 is 1.36 bits per heavy atom. The molecular formula is C13H21N. The third kappa shape index (κ3) is 1.33. The van der Waals surface area contributed by atoms with Crippen LogP contribution in [0.5, 0.6) is 0 Å². The highest BCUT2D eigenvalue weighted by Gasteiger charge is 2.42. The summed E-state index contributed by atoms with van der Waals surface area (Å²) in [5, 5.41) is 3.84. The minimum atomic E-state index is 0.767. The number of hydrogen-bond acceptors (Lipinski definition) is 1. The molecule has 1 N–H and O–H groups in total. The fraction of sp³-hybridized carbons (Fsp3) is 0.846. The first kappa shape index (κ1) is 8.96. The fourth-order valence-corrected chi connectivity index (χ4v) is 3.32. The van der Waals surface area contributed by atoms with E-state index in [9.17, 15) is 0 Å². The second-order valence-corrected chi connectivity index (χ2v) is 5.49. The van der Waals surface area contributed by atoms with Crippen molar-refractivity contribution in [2.75, 3.05) is 0 Å². The maximum Gasteiger partial charge on any atom is 0.0138 e. The van der Waals surface area contributed by atoms with Gasteiger partial charge in [0.05, 0.1) is 0 Å². The minimum absolute atomic E-state index is 0.767. The molecule has 14 heavy (non-hydrogen) atoms. The van der Waals surface area contributed by atoms with E-state index in [4.69, 9.17) is 0 Å². The van der Waals surface area contributed by atoms with Gasteiger partial charge in [0.1, 0.15) is 0 Å². The summed E-state index contributed by atoms with van der Waals surface area (Å²) in [6, 6.07) is 1.58. The van der Waals surface area contributed by atoms with E-state index in [1.807, 2.05) is 0 Å². The summed E-state index contributed by atoms with van der Waals surface area (Å²) >= 11 is 0. The molecule has 1 heteroatoms. The zero-order chi connectivity index (χ0) is 9.54. The Morgan fingerprint density at radius 3 is 2.86 bits per heavy atom. The smallest absolute Gasteiger partial charge is 0.0138 e. The molecular weight excluding hydrogens is 170 g/mol. The summed E-state index contributed by atoms with van der Waals surface area (Å²) < 4.78 is 0. The van der Waals surface area contributed by atoms with Crippen molar-refractivity contribution >= 4 is 0 Å². The lowest BCUT2D eigenvalue weighted by Crippen LogP contribution is -2.53. The molecule has 3 aliphatic carbocycles. The largest absolute Gasteiger partial charge is 0.311 e. The molecule has 1 nitrogen and oxygen atoms in total. The maximum absolute atomic E-state index is 3.84. The molecule has 2 fully saturated rings. The van der Waals surface area contributed by atoms with E-state index < -0.39 is 0 Å². The Morgan fingerprint density at radius 2 is 2.21 bits per heavy atom. The number of rotatable bonds is 3. The number of hydrogen-bond donors (Lipinski definition) is 1. The van der Waals surface area contributed by atoms with Crippen LogP contribution in [0.1, 0.15) is 39.0 Å². The molecule has 4 unspecified atom stereocenters. The lowest BCUT2D eigenvalue weighted by Gasteiger charge is -2.44. The van der Waals surface area contributed by atoms with E-state index in [0.29, 0.717) is 0 Å². The molecule has 3 aliphatic rings. The molecule has 0 amide bonds. The second kappa shape index (κ2) is 3.37. The molecule has 0 spiro atoms. The lowest BCUT2D eigenvalue weighted by molar-refractivity contribution is 0.123. The van der Waals surface area contributed by atoms with Crippen LogP contribution in [-0.2, 0) is 0 Å². The van der Waals surface area contributed by atoms with Crippen LogP contribution in [0.2, 0.25) is 0 Å². The summed E-state index contributed by atoms with van der Waals surface area (Å²) in [4.78, 5) is 0. The molecule has 0 heterocycles. The van der Waals surface area contributed by atoms with Gasteiger partial charge in [-0.05, 0) is 50.4 Å². The van der Waals surface area contributed by atoms with Crippen molar-refractivity contribution in [2.24, 2.45) is 17.8 Å². The maximum atomic E-state index is 3.84. The van der Waals surface area contributed by atoms with Gasteiger partial charge >= 0.3 is 0 Å². The normalized spacial score (nSPS) is 42.8. The average molecular weight is 191 g/mol. The molecule has 0 aromatic rings. The number of fused-ring (bicyclic) bond motifs is 1. The molecule has 0 saturated heterocycles. The van der Waals surface area contributed by atoms with Crippen molar-refractivity contribution in [2.45, 2.75) is 51.1 Å². The SMILES string of the molecule is CC(NC1CC2CC=CC21)C1CCC1. The zero-order valence-electron chi connectivity index (χ0n) is 9.08. The Balaban J connectivity index is 1.50. The van der Waals surface area contributed by atoms with E-state index >= 15 is 0 Å². The quantitative estimate of drug-likeness (QED) is 0.676. The third-order valence-electron chi connectivity index (χ3n) is 4.70. The summed E-state index contributed by atoms with van der Waals surface area (Å²) in [5.74, 6) is 2.87. The van der Waals surface area contributed by atoms with Crippen LogP contribution < -0.4 is 5.32 Å². The molecule has 0 aromatic carbocycles. The summed E-state index contributed by atoms with van der Waals surface area (Å²) in [6.07, 6.45) is 12.0. The van der Waals surface area contributed by atoms with Gasteiger partial charge < -0.3 is 5.32 Å². The molecule has 4 atom stereocenters. The van der Waals surface area contributed by atoms with Crippen molar-refractivity contribution in [3.63, 3.8) is 0 Å². The zero-order valence-corrected chi connectivity index (χ0v) is 9.08. The number of nitrogens with one attached hydrogen (secondary N) is 1. The highest BCUT2D eigenvalue weighted by molar-refractivity contribution is 5.13. The first-order valence-electron chi connectivity index (χ1n) is 6.27. The average Bonchev–Trinajstić information content (AvgIpc) is 2.39. The highest BCUT2D eigenvalue weighted by atomic mass is 15.0. The van der Waals surface area contributed by atoms with E-state index in [2.05, 4.69) is 24.4 Å². The van der Waals surface area contributed by atoms with Crippen LogP contribution >= 0.6 is 0 Å². The summed E-state index contributed by atoms with van der Waals surface area (Å²) in [6.45, 7) is 2.38. The Labute approximate surface area is 87.0 Å². The van der Waals surface area contributed by atoms with Gasteiger partial charge in [0.25, 0.3) is 0 Å². The van der Waals surface area contributed by atoms with Crippen LogP contribution in [-0.4, -0.2) is 12.1 Å². The van der Waals surface area contributed by atoms with Gasteiger partial charge in [-0.2, -0.15) is 0 Å². The van der Waals surface area contributed by atoms with Crippen LogP contribution in [0.15, 0.2) is 12.2 Å². The van der Waals surface area contributed by atoms with E-state index in [1.54, 1.807) is 0 Å². The first-order valence-corrected chi connectivity index (χ1v) is 6.27. The Kier molecular flexibility index (Phi) is 2.16. The van der Waals surface area contributed by atoms with Crippen molar-refractivity contribution in [1.82, 2.24) is 5.32 Å². The van der Waals surface area contributed by atoms with E-state index in [0.717, 1.165) is 29.8 Å². The van der Waals surface area contributed by atoms with Crippen molar-refractivity contribution in [1.29, 1.82) is 0 Å². The second-order valence-electron chi connectivity index (χ2n) is 5.49. The van der Waals surface area contributed by atoms with Gasteiger partial charge in [-0.15, -0.1) is 0 Å². The standard InChI is InChI=1S/C13H21N/c1-9(10-4-2-5-10)14-13-8-11-6-3-7-12(11)13/h3,7,9-14H,2,4-6,8H2,1H3. The number of allylic oxidation sites excluding steroid dienone is 1. The summed E-state index contributed by atoms with van der Waals surface area (Å²) in [5.41, 5.74) is 0. The van der Waals surface area contributed by atoms with Crippen molar-refractivity contribution < 1.29 is 0 Å². The molecule has 2 saturated carbocycles. The molecule has 0 aliphatic heterocycles. The predicted octanol–water partition coefficient (Wildman–Crippen LogP) is 2.73. The first-order chi connectivity index (χ1) is 6.84. The predicted molar refractivity (Wildman–Crippen MR) is 59.1 cm³/mol. The Bertz CT molecular complexity index is 242. The van der Waals surface area contributed by atoms with Gasteiger partial charge in [-0.3, -0.25) is 0 Å². The molecule has 0 aromatic heterocycles. The lowest BCUT2D eigenvalue weighted by atomic mass is 9.70. The van der Waals surface area contributed by atoms with Gasteiger partial charge in [0.2, 0.25) is 0 Å². The van der Waals surface area contributed by atoms with Gasteiger partial charge in [-0.25, -0.2) is 0 Å². The molecule has 0 bridgehead atoms. The van der Waals surface area contributed by atoms with Crippen LogP contribution in [0.25, 0.3) is 0 Å². The summed E-state index contributed by atoms with van der Waals surface area (Å²) in [7, 11) is 0. The van der Waals surface area contributed by atoms with E-state index in [1.165, 1.54) is 32.1 Å². The van der Waals surface area contributed by atoms with Gasteiger partial charge in [0, 0.05) is 12.1 Å². The molecule has 0 radical (unpaired) electrons. The van der Waals surface area contributed by atoms with E-state index in [-0.39, 0.29) is 0 Å². The molecule has 78 valence electrons. The minimum Gasteiger partial charge on any atom is -0.311 e. The highest BCUT2D eigenvalue weighted by Crippen LogP contribution is 2.43. The van der Waals surface area contributed by atoms with Crippen LogP contribution in [0, 0.1) is 17.8 Å². The Hall–Kier alpha value is -0.300. The van der Waals surface area contributed by atoms with Crippen LogP contribution in [0.4, 0.5) is 0 Å². The van der Waals surface area contributed by atoms with Crippen molar-refractivity contribution in [3.8, 4) is 0 Å². The fourth-order valence-electron chi connectivity index (χ4n) is 3.32. The van der Waals surface area contributed by atoms with Crippen molar-refractivity contribution in [3.05, 3.63) is 12.2 Å². The van der Waals surface area contributed by atoms with Gasteiger partial charge in [-0.1, -0.05) is 18.6 Å².